The van der Waals surface area contributed by atoms with Crippen LogP contribution in [0.5, 0.6) is 0 Å². The number of fused-ring (bicyclic) bond motifs is 1. The first kappa shape index (κ1) is 19.6. The normalized spacial score (nSPS) is 12.5. The molecule has 0 radical (unpaired) electrons. The van der Waals surface area contributed by atoms with Crippen LogP contribution in [0.4, 0.5) is 15.8 Å². The number of hydrogen-bond acceptors (Lipinski definition) is 6. The zero-order valence-electron chi connectivity index (χ0n) is 15.1. The second kappa shape index (κ2) is 7.82. The van der Waals surface area contributed by atoms with Gasteiger partial charge in [-0.3, -0.25) is 4.79 Å². The Morgan fingerprint density at radius 2 is 1.75 bits per heavy atom. The molecule has 1 aliphatic heterocycles. The highest BCUT2D eigenvalue weighted by Crippen LogP contribution is 2.40. The summed E-state index contributed by atoms with van der Waals surface area (Å²) in [6.45, 7) is -0.604. The number of rotatable bonds is 4. The van der Waals surface area contributed by atoms with E-state index >= 15 is 0 Å². The zero-order valence-corrected chi connectivity index (χ0v) is 16.7. The SMILES string of the molecule is CN1C(=C(C#N)C(=O)COC(=O)c2ccc(F)cc2Br)N(C)c2ccccc21. The van der Waals surface area contributed by atoms with Gasteiger partial charge < -0.3 is 14.5 Å². The quantitative estimate of drug-likeness (QED) is 0.408. The first-order valence-electron chi connectivity index (χ1n) is 8.21. The van der Waals surface area contributed by atoms with Crippen molar-refractivity contribution in [2.45, 2.75) is 0 Å². The Hall–Kier alpha value is -3.18. The molecule has 0 fully saturated rings. The number of ketones is 1. The molecule has 1 aliphatic rings. The molecule has 8 heteroatoms. The van der Waals surface area contributed by atoms with Gasteiger partial charge in [0.15, 0.2) is 6.61 Å². The Bertz CT molecular complexity index is 1010. The van der Waals surface area contributed by atoms with E-state index in [9.17, 15) is 19.2 Å². The van der Waals surface area contributed by atoms with Crippen LogP contribution in [0, 0.1) is 17.1 Å². The lowest BCUT2D eigenvalue weighted by Crippen LogP contribution is -2.27. The molecule has 3 rings (SSSR count). The summed E-state index contributed by atoms with van der Waals surface area (Å²) in [5, 5.41) is 9.56. The first-order chi connectivity index (χ1) is 13.3. The lowest BCUT2D eigenvalue weighted by molar-refractivity contribution is -0.118. The third-order valence-corrected chi connectivity index (χ3v) is 5.00. The van der Waals surface area contributed by atoms with Gasteiger partial charge in [-0.1, -0.05) is 12.1 Å². The van der Waals surface area contributed by atoms with Crippen LogP contribution in [0.2, 0.25) is 0 Å². The van der Waals surface area contributed by atoms with Gasteiger partial charge in [0.25, 0.3) is 0 Å². The summed E-state index contributed by atoms with van der Waals surface area (Å²) >= 11 is 3.08. The Kier molecular flexibility index (Phi) is 5.47. The van der Waals surface area contributed by atoms with E-state index < -0.39 is 24.2 Å². The van der Waals surface area contributed by atoms with Gasteiger partial charge in [0, 0.05) is 18.6 Å². The fourth-order valence-electron chi connectivity index (χ4n) is 2.99. The van der Waals surface area contributed by atoms with E-state index in [2.05, 4.69) is 15.9 Å². The number of para-hydroxylation sites is 2. The number of halogens is 2. The second-order valence-electron chi connectivity index (χ2n) is 6.04. The molecular weight excluding hydrogens is 429 g/mol. The molecule has 2 aromatic carbocycles. The summed E-state index contributed by atoms with van der Waals surface area (Å²) in [4.78, 5) is 28.3. The molecule has 0 unspecified atom stereocenters. The number of anilines is 2. The smallest absolute Gasteiger partial charge is 0.339 e. The highest BCUT2D eigenvalue weighted by Gasteiger charge is 2.31. The first-order valence-corrected chi connectivity index (χ1v) is 9.00. The van der Waals surface area contributed by atoms with Crippen molar-refractivity contribution in [3.8, 4) is 6.07 Å². The minimum atomic E-state index is -0.793. The second-order valence-corrected chi connectivity index (χ2v) is 6.89. The Labute approximate surface area is 169 Å². The lowest BCUT2D eigenvalue weighted by atomic mass is 10.2. The number of Topliss-reactive ketones (excluding diaryl/α,β-unsaturated/α-hetero) is 1. The average Bonchev–Trinajstić information content (AvgIpc) is 2.92. The van der Waals surface area contributed by atoms with Crippen molar-refractivity contribution in [3.05, 3.63) is 69.7 Å². The molecule has 0 bridgehead atoms. The van der Waals surface area contributed by atoms with Crippen molar-refractivity contribution in [2.24, 2.45) is 0 Å². The minimum absolute atomic E-state index is 0.0860. The van der Waals surface area contributed by atoms with E-state index in [0.717, 1.165) is 23.5 Å². The molecule has 1 heterocycles. The Morgan fingerprint density at radius 3 is 2.29 bits per heavy atom. The van der Waals surface area contributed by atoms with E-state index in [4.69, 9.17) is 4.74 Å². The van der Waals surface area contributed by atoms with Gasteiger partial charge in [-0.05, 0) is 46.3 Å². The van der Waals surface area contributed by atoms with Crippen molar-refractivity contribution in [2.75, 3.05) is 30.5 Å². The monoisotopic (exact) mass is 443 g/mol. The van der Waals surface area contributed by atoms with Crippen LogP contribution in [-0.2, 0) is 9.53 Å². The minimum Gasteiger partial charge on any atom is -0.454 e. The predicted molar refractivity (Wildman–Crippen MR) is 105 cm³/mol. The molecule has 2 aromatic rings. The molecule has 0 N–H and O–H groups in total. The van der Waals surface area contributed by atoms with Crippen molar-refractivity contribution < 1.29 is 18.7 Å². The maximum atomic E-state index is 13.1. The van der Waals surface area contributed by atoms with E-state index in [1.165, 1.54) is 6.07 Å². The van der Waals surface area contributed by atoms with Crippen molar-refractivity contribution in [3.63, 3.8) is 0 Å². The van der Waals surface area contributed by atoms with E-state index in [-0.39, 0.29) is 15.6 Å². The fourth-order valence-corrected chi connectivity index (χ4v) is 3.51. The summed E-state index contributed by atoms with van der Waals surface area (Å²) in [5.74, 6) is -1.52. The number of carbonyl (C=O) groups excluding carboxylic acids is 2. The highest BCUT2D eigenvalue weighted by atomic mass is 79.9. The van der Waals surface area contributed by atoms with Crippen LogP contribution in [0.1, 0.15) is 10.4 Å². The predicted octanol–water partition coefficient (Wildman–Crippen LogP) is 3.64. The van der Waals surface area contributed by atoms with E-state index in [0.29, 0.717) is 5.82 Å². The molecule has 142 valence electrons. The fraction of sp³-hybridized carbons (Fsp3) is 0.150. The number of esters is 1. The number of nitrogens with zero attached hydrogens (tertiary/aromatic N) is 3. The third kappa shape index (κ3) is 3.49. The number of nitriles is 1. The molecule has 0 atom stereocenters. The van der Waals surface area contributed by atoms with Gasteiger partial charge in [-0.15, -0.1) is 0 Å². The van der Waals surface area contributed by atoms with Crippen LogP contribution in [0.3, 0.4) is 0 Å². The van der Waals surface area contributed by atoms with Gasteiger partial charge in [-0.25, -0.2) is 9.18 Å². The standard InChI is InChI=1S/C20H15BrFN3O3/c1-24-16-5-3-4-6-17(16)25(2)19(24)14(10-23)18(26)11-28-20(27)13-8-7-12(22)9-15(13)21/h3-9H,11H2,1-2H3. The van der Waals surface area contributed by atoms with Gasteiger partial charge in [0.2, 0.25) is 5.78 Å². The van der Waals surface area contributed by atoms with Crippen LogP contribution < -0.4 is 9.80 Å². The van der Waals surface area contributed by atoms with Crippen LogP contribution >= 0.6 is 15.9 Å². The largest absolute Gasteiger partial charge is 0.454 e. The molecular formula is C20H15BrFN3O3. The Morgan fingerprint density at radius 1 is 1.14 bits per heavy atom. The van der Waals surface area contributed by atoms with Crippen LogP contribution in [0.25, 0.3) is 0 Å². The third-order valence-electron chi connectivity index (χ3n) is 4.34. The maximum absolute atomic E-state index is 13.1. The molecule has 28 heavy (non-hydrogen) atoms. The van der Waals surface area contributed by atoms with Crippen molar-refractivity contribution >= 4 is 39.1 Å². The highest BCUT2D eigenvalue weighted by molar-refractivity contribution is 9.10. The molecule has 0 saturated heterocycles. The van der Waals surface area contributed by atoms with Gasteiger partial charge in [0.05, 0.1) is 16.9 Å². The summed E-state index contributed by atoms with van der Waals surface area (Å²) < 4.78 is 18.4. The molecule has 0 saturated carbocycles. The summed E-state index contributed by atoms with van der Waals surface area (Å²) in [6, 6.07) is 12.9. The topological polar surface area (TPSA) is 73.6 Å². The van der Waals surface area contributed by atoms with Crippen molar-refractivity contribution in [1.29, 1.82) is 5.26 Å². The van der Waals surface area contributed by atoms with Gasteiger partial charge in [-0.2, -0.15) is 5.26 Å². The zero-order chi connectivity index (χ0) is 20.4. The summed E-state index contributed by atoms with van der Waals surface area (Å²) in [5.41, 5.74) is 1.68. The van der Waals surface area contributed by atoms with Gasteiger partial charge in [0.1, 0.15) is 23.3 Å². The van der Waals surface area contributed by atoms with Crippen molar-refractivity contribution in [1.82, 2.24) is 0 Å². The molecule has 0 aliphatic carbocycles. The number of hydrogen-bond donors (Lipinski definition) is 0. The summed E-state index contributed by atoms with van der Waals surface area (Å²) in [7, 11) is 3.51. The molecule has 0 aromatic heterocycles. The van der Waals surface area contributed by atoms with Gasteiger partial charge >= 0.3 is 5.97 Å². The molecule has 6 nitrogen and oxygen atoms in total. The van der Waals surface area contributed by atoms with Crippen LogP contribution in [0.15, 0.2) is 58.3 Å². The molecule has 0 spiro atoms. The molecule has 0 amide bonds. The summed E-state index contributed by atoms with van der Waals surface area (Å²) in [6.07, 6.45) is 0. The van der Waals surface area contributed by atoms with E-state index in [1.54, 1.807) is 23.9 Å². The number of benzene rings is 2. The Balaban J connectivity index is 1.81. The number of carbonyl (C=O) groups is 2. The van der Waals surface area contributed by atoms with E-state index in [1.807, 2.05) is 30.3 Å². The lowest BCUT2D eigenvalue weighted by Gasteiger charge is -2.19. The maximum Gasteiger partial charge on any atom is 0.339 e. The van der Waals surface area contributed by atoms with Crippen LogP contribution in [-0.4, -0.2) is 32.5 Å². The average molecular weight is 444 g/mol. The number of ether oxygens (including phenoxy) is 1.